The standard InChI is InChI=1S/C30H30F6N4/c1-2-3-13-37-21-11-14-39(15-12-21)22-9-7-19(8-10-22)29-23-5-4-6-25(30(34,35)36)28(23)38-40(29)18-24-26(32)16-20(31)17-27(24)33/h4-10,16-17,21,37H,2-3,11-15,18H2,1H3. The van der Waals surface area contributed by atoms with Crippen LogP contribution in [0.1, 0.15) is 43.7 Å². The van der Waals surface area contributed by atoms with Crippen LogP contribution in [0.3, 0.4) is 0 Å². The molecule has 4 aromatic rings. The minimum Gasteiger partial charge on any atom is -0.371 e. The van der Waals surface area contributed by atoms with Crippen LogP contribution in [0, 0.1) is 17.5 Å². The van der Waals surface area contributed by atoms with E-state index in [0.29, 0.717) is 23.7 Å². The minimum absolute atomic E-state index is 0.199. The molecule has 1 N–H and O–H groups in total. The van der Waals surface area contributed by atoms with E-state index < -0.39 is 41.3 Å². The summed E-state index contributed by atoms with van der Waals surface area (Å²) in [4.78, 5) is 2.27. The molecule has 3 aromatic carbocycles. The van der Waals surface area contributed by atoms with Crippen LogP contribution in [0.4, 0.5) is 32.0 Å². The topological polar surface area (TPSA) is 33.1 Å². The number of hydrogen-bond donors (Lipinski definition) is 1. The number of alkyl halides is 3. The molecule has 1 saturated heterocycles. The Morgan fingerprint density at radius 2 is 1.62 bits per heavy atom. The number of rotatable bonds is 8. The zero-order valence-electron chi connectivity index (χ0n) is 22.0. The lowest BCUT2D eigenvalue weighted by molar-refractivity contribution is -0.136. The maximum Gasteiger partial charge on any atom is 0.418 e. The summed E-state index contributed by atoms with van der Waals surface area (Å²) in [5, 5.41) is 7.96. The van der Waals surface area contributed by atoms with Crippen LogP contribution in [0.2, 0.25) is 0 Å². The summed E-state index contributed by atoms with van der Waals surface area (Å²) < 4.78 is 85.1. The zero-order chi connectivity index (χ0) is 28.4. The molecule has 212 valence electrons. The average molecular weight is 561 g/mol. The predicted octanol–water partition coefficient (Wildman–Crippen LogP) is 7.55. The summed E-state index contributed by atoms with van der Waals surface area (Å²) in [5.41, 5.74) is 0.0553. The van der Waals surface area contributed by atoms with Crippen molar-refractivity contribution in [3.8, 4) is 11.3 Å². The molecule has 1 fully saturated rings. The van der Waals surface area contributed by atoms with Crippen molar-refractivity contribution in [3.05, 3.63) is 83.2 Å². The summed E-state index contributed by atoms with van der Waals surface area (Å²) in [7, 11) is 0. The van der Waals surface area contributed by atoms with E-state index in [1.807, 2.05) is 12.1 Å². The van der Waals surface area contributed by atoms with Crippen LogP contribution in [0.25, 0.3) is 22.2 Å². The summed E-state index contributed by atoms with van der Waals surface area (Å²) in [6, 6.07) is 12.6. The monoisotopic (exact) mass is 560 g/mol. The molecule has 1 aliphatic rings. The van der Waals surface area contributed by atoms with Crippen LogP contribution >= 0.6 is 0 Å². The highest BCUT2D eigenvalue weighted by Crippen LogP contribution is 2.39. The van der Waals surface area contributed by atoms with Gasteiger partial charge in [0.1, 0.15) is 23.0 Å². The Balaban J connectivity index is 1.48. The van der Waals surface area contributed by atoms with Crippen molar-refractivity contribution in [2.24, 2.45) is 0 Å². The normalized spacial score (nSPS) is 14.8. The van der Waals surface area contributed by atoms with Crippen molar-refractivity contribution < 1.29 is 26.3 Å². The van der Waals surface area contributed by atoms with Crippen molar-refractivity contribution in [3.63, 3.8) is 0 Å². The molecular formula is C30H30F6N4. The largest absolute Gasteiger partial charge is 0.418 e. The maximum atomic E-state index is 14.5. The van der Waals surface area contributed by atoms with Gasteiger partial charge in [0.25, 0.3) is 0 Å². The Labute approximate surface area is 228 Å². The van der Waals surface area contributed by atoms with E-state index in [1.165, 1.54) is 12.1 Å². The maximum absolute atomic E-state index is 14.5. The smallest absolute Gasteiger partial charge is 0.371 e. The molecule has 0 aliphatic carbocycles. The number of anilines is 1. The molecule has 0 spiro atoms. The van der Waals surface area contributed by atoms with Gasteiger partial charge in [-0.1, -0.05) is 37.6 Å². The van der Waals surface area contributed by atoms with Crippen LogP contribution in [0.15, 0.2) is 54.6 Å². The number of piperidine rings is 1. The Kier molecular flexibility index (Phi) is 8.07. The number of unbranched alkanes of at least 4 members (excludes halogenated alkanes) is 1. The lowest BCUT2D eigenvalue weighted by Crippen LogP contribution is -2.42. The fraction of sp³-hybridized carbons (Fsp3) is 0.367. The molecule has 0 radical (unpaired) electrons. The molecule has 0 atom stereocenters. The third kappa shape index (κ3) is 5.82. The van der Waals surface area contributed by atoms with E-state index in [2.05, 4.69) is 22.2 Å². The quantitative estimate of drug-likeness (QED) is 0.179. The van der Waals surface area contributed by atoms with Gasteiger partial charge in [-0.15, -0.1) is 0 Å². The first-order valence-corrected chi connectivity index (χ1v) is 13.4. The van der Waals surface area contributed by atoms with E-state index in [1.54, 1.807) is 12.1 Å². The molecule has 40 heavy (non-hydrogen) atoms. The number of nitrogens with one attached hydrogen (secondary N) is 1. The molecule has 4 nitrogen and oxygen atoms in total. The van der Waals surface area contributed by atoms with Crippen molar-refractivity contribution >= 4 is 16.6 Å². The first-order valence-electron chi connectivity index (χ1n) is 13.4. The predicted molar refractivity (Wildman–Crippen MR) is 144 cm³/mol. The Bertz CT molecular complexity index is 1450. The summed E-state index contributed by atoms with van der Waals surface area (Å²) in [5.74, 6) is -3.36. The van der Waals surface area contributed by atoms with Crippen LogP contribution in [0.5, 0.6) is 0 Å². The molecule has 0 amide bonds. The Morgan fingerprint density at radius 1 is 0.950 bits per heavy atom. The summed E-state index contributed by atoms with van der Waals surface area (Å²) in [6.07, 6.45) is -0.352. The lowest BCUT2D eigenvalue weighted by Gasteiger charge is -2.34. The molecule has 0 unspecified atom stereocenters. The van der Waals surface area contributed by atoms with E-state index in [-0.39, 0.29) is 16.6 Å². The van der Waals surface area contributed by atoms with Gasteiger partial charge in [0, 0.05) is 53.5 Å². The van der Waals surface area contributed by atoms with Gasteiger partial charge in [-0.3, -0.25) is 4.68 Å². The molecule has 2 heterocycles. The van der Waals surface area contributed by atoms with Gasteiger partial charge in [-0.2, -0.15) is 18.3 Å². The molecule has 5 rings (SSSR count). The second-order valence-electron chi connectivity index (χ2n) is 10.2. The van der Waals surface area contributed by atoms with Crippen molar-refractivity contribution in [2.75, 3.05) is 24.5 Å². The summed E-state index contributed by atoms with van der Waals surface area (Å²) >= 11 is 0. The van der Waals surface area contributed by atoms with Gasteiger partial charge in [0.05, 0.1) is 17.8 Å². The number of halogens is 6. The molecule has 1 aliphatic heterocycles. The highest BCUT2D eigenvalue weighted by atomic mass is 19.4. The molecule has 0 bridgehead atoms. The first-order chi connectivity index (χ1) is 19.2. The van der Waals surface area contributed by atoms with E-state index in [9.17, 15) is 26.3 Å². The molecule has 10 heteroatoms. The first kappa shape index (κ1) is 28.0. The second kappa shape index (κ2) is 11.5. The summed E-state index contributed by atoms with van der Waals surface area (Å²) in [6.45, 7) is 4.42. The van der Waals surface area contributed by atoms with Gasteiger partial charge in [0.15, 0.2) is 0 Å². The van der Waals surface area contributed by atoms with E-state index in [4.69, 9.17) is 0 Å². The fourth-order valence-electron chi connectivity index (χ4n) is 5.33. The van der Waals surface area contributed by atoms with Crippen molar-refractivity contribution in [1.82, 2.24) is 15.1 Å². The fourth-order valence-corrected chi connectivity index (χ4v) is 5.33. The third-order valence-corrected chi connectivity index (χ3v) is 7.45. The van der Waals surface area contributed by atoms with Crippen molar-refractivity contribution in [2.45, 2.75) is 51.4 Å². The van der Waals surface area contributed by atoms with Gasteiger partial charge >= 0.3 is 6.18 Å². The molecule has 1 aromatic heterocycles. The molecule has 0 saturated carbocycles. The van der Waals surface area contributed by atoms with E-state index >= 15 is 0 Å². The van der Waals surface area contributed by atoms with Gasteiger partial charge in [-0.25, -0.2) is 13.2 Å². The number of aromatic nitrogens is 2. The van der Waals surface area contributed by atoms with Crippen LogP contribution in [-0.4, -0.2) is 35.5 Å². The highest BCUT2D eigenvalue weighted by molar-refractivity contribution is 5.95. The minimum atomic E-state index is -4.68. The van der Waals surface area contributed by atoms with Crippen LogP contribution < -0.4 is 10.2 Å². The Morgan fingerprint density at radius 3 is 2.25 bits per heavy atom. The number of fused-ring (bicyclic) bond motifs is 1. The number of hydrogen-bond acceptors (Lipinski definition) is 3. The SMILES string of the molecule is CCCCNC1CCN(c2ccc(-c3c4cccc(C(F)(F)F)c4nn3Cc3c(F)cc(F)cc3F)cc2)CC1. The highest BCUT2D eigenvalue weighted by Gasteiger charge is 2.35. The van der Waals surface area contributed by atoms with E-state index in [0.717, 1.165) is 61.8 Å². The number of benzene rings is 3. The molecular weight excluding hydrogens is 530 g/mol. The van der Waals surface area contributed by atoms with Gasteiger partial charge in [0.2, 0.25) is 0 Å². The van der Waals surface area contributed by atoms with Gasteiger partial charge < -0.3 is 10.2 Å². The lowest BCUT2D eigenvalue weighted by atomic mass is 10.0. The van der Waals surface area contributed by atoms with Crippen LogP contribution in [-0.2, 0) is 12.7 Å². The number of nitrogens with zero attached hydrogens (tertiary/aromatic N) is 3. The van der Waals surface area contributed by atoms with Crippen molar-refractivity contribution in [1.29, 1.82) is 0 Å². The van der Waals surface area contributed by atoms with Gasteiger partial charge in [-0.05, 0) is 44.0 Å². The zero-order valence-corrected chi connectivity index (χ0v) is 22.0. The third-order valence-electron chi connectivity index (χ3n) is 7.45. The second-order valence-corrected chi connectivity index (χ2v) is 10.2. The average Bonchev–Trinajstić information content (AvgIpc) is 3.29. The Hall–Kier alpha value is -3.53.